The zero-order valence-corrected chi connectivity index (χ0v) is 9.49. The molecule has 1 aromatic rings. The zero-order chi connectivity index (χ0) is 11.6. The summed E-state index contributed by atoms with van der Waals surface area (Å²) in [5, 5.41) is 9.96. The van der Waals surface area contributed by atoms with E-state index in [4.69, 9.17) is 0 Å². The van der Waals surface area contributed by atoms with Crippen molar-refractivity contribution in [3.8, 4) is 0 Å². The number of aromatic nitrogens is 1. The lowest BCUT2D eigenvalue weighted by Gasteiger charge is -2.23. The maximum atomic E-state index is 12.7. The average Bonchev–Trinajstić information content (AvgIpc) is 2.41. The van der Waals surface area contributed by atoms with Gasteiger partial charge in [-0.3, -0.25) is 0 Å². The van der Waals surface area contributed by atoms with E-state index < -0.39 is 5.60 Å². The zero-order valence-electron chi connectivity index (χ0n) is 9.49. The lowest BCUT2D eigenvalue weighted by molar-refractivity contribution is 0.0481. The molecule has 1 unspecified atom stereocenters. The molecule has 0 aliphatic carbocycles. The summed E-state index contributed by atoms with van der Waals surface area (Å²) < 4.78 is 12.7. The van der Waals surface area contributed by atoms with Crippen LogP contribution in [-0.4, -0.2) is 28.8 Å². The first-order valence-electron chi connectivity index (χ1n) is 5.66. The summed E-state index contributed by atoms with van der Waals surface area (Å²) in [7, 11) is 0. The van der Waals surface area contributed by atoms with Crippen molar-refractivity contribution in [3.63, 3.8) is 0 Å². The monoisotopic (exact) mass is 224 g/mol. The molecule has 1 atom stereocenters. The van der Waals surface area contributed by atoms with Crippen LogP contribution < -0.4 is 4.90 Å². The van der Waals surface area contributed by atoms with Crippen molar-refractivity contribution in [1.82, 2.24) is 4.98 Å². The molecule has 2 heterocycles. The van der Waals surface area contributed by atoms with E-state index >= 15 is 0 Å². The Bertz CT molecular complexity index is 351. The second-order valence-corrected chi connectivity index (χ2v) is 4.67. The van der Waals surface area contributed by atoms with Crippen molar-refractivity contribution in [3.05, 3.63) is 24.1 Å². The van der Waals surface area contributed by atoms with Gasteiger partial charge < -0.3 is 10.0 Å². The summed E-state index contributed by atoms with van der Waals surface area (Å²) in [6, 6.07) is 3.11. The molecule has 0 amide bonds. The smallest absolute Gasteiger partial charge is 0.141 e. The molecule has 88 valence electrons. The highest BCUT2D eigenvalue weighted by molar-refractivity contribution is 5.38. The number of rotatable bonds is 1. The van der Waals surface area contributed by atoms with Gasteiger partial charge in [-0.25, -0.2) is 9.37 Å². The van der Waals surface area contributed by atoms with Crippen molar-refractivity contribution in [2.24, 2.45) is 0 Å². The Balaban J connectivity index is 2.08. The minimum Gasteiger partial charge on any atom is -0.390 e. The van der Waals surface area contributed by atoms with Gasteiger partial charge in [-0.2, -0.15) is 0 Å². The predicted molar refractivity (Wildman–Crippen MR) is 60.9 cm³/mol. The van der Waals surface area contributed by atoms with Crippen molar-refractivity contribution in [2.45, 2.75) is 31.8 Å². The van der Waals surface area contributed by atoms with E-state index in [2.05, 4.69) is 9.88 Å². The van der Waals surface area contributed by atoms with E-state index in [0.717, 1.165) is 38.2 Å². The molecule has 0 aromatic carbocycles. The summed E-state index contributed by atoms with van der Waals surface area (Å²) in [6.45, 7) is 3.51. The molecular formula is C12H17FN2O. The van der Waals surface area contributed by atoms with E-state index in [9.17, 15) is 9.50 Å². The largest absolute Gasteiger partial charge is 0.390 e. The van der Waals surface area contributed by atoms with Gasteiger partial charge in [0.15, 0.2) is 0 Å². The predicted octanol–water partition coefficient (Wildman–Crippen LogP) is 1.96. The quantitative estimate of drug-likeness (QED) is 0.792. The Labute approximate surface area is 94.9 Å². The normalized spacial score (nSPS) is 26.6. The van der Waals surface area contributed by atoms with Crippen LogP contribution >= 0.6 is 0 Å². The van der Waals surface area contributed by atoms with Crippen LogP contribution in [0.4, 0.5) is 10.2 Å². The van der Waals surface area contributed by atoms with Crippen LogP contribution in [0.25, 0.3) is 0 Å². The molecule has 1 aromatic heterocycles. The summed E-state index contributed by atoms with van der Waals surface area (Å²) in [5.41, 5.74) is -0.575. The van der Waals surface area contributed by atoms with Crippen molar-refractivity contribution in [2.75, 3.05) is 18.0 Å². The Hall–Kier alpha value is -1.16. The maximum absolute atomic E-state index is 12.7. The second-order valence-electron chi connectivity index (χ2n) is 4.67. The SMILES string of the molecule is CC1(O)CCCN(c2ccc(F)cn2)CC1. The fraction of sp³-hybridized carbons (Fsp3) is 0.583. The highest BCUT2D eigenvalue weighted by Gasteiger charge is 2.25. The van der Waals surface area contributed by atoms with E-state index in [1.165, 1.54) is 12.3 Å². The summed E-state index contributed by atoms with van der Waals surface area (Å²) >= 11 is 0. The third-order valence-corrected chi connectivity index (χ3v) is 3.10. The van der Waals surface area contributed by atoms with Gasteiger partial charge in [0.25, 0.3) is 0 Å². The molecule has 1 aliphatic rings. The number of hydrogen-bond donors (Lipinski definition) is 1. The van der Waals surface area contributed by atoms with Crippen molar-refractivity contribution < 1.29 is 9.50 Å². The van der Waals surface area contributed by atoms with Crippen LogP contribution in [0.1, 0.15) is 26.2 Å². The highest BCUT2D eigenvalue weighted by Crippen LogP contribution is 2.24. The standard InChI is InChI=1S/C12H17FN2O/c1-12(16)5-2-7-15(8-6-12)11-4-3-10(13)9-14-11/h3-4,9,16H,2,5-8H2,1H3. The fourth-order valence-corrected chi connectivity index (χ4v) is 2.05. The number of nitrogens with zero attached hydrogens (tertiary/aromatic N) is 2. The Kier molecular flexibility index (Phi) is 3.10. The molecule has 1 aliphatic heterocycles. The van der Waals surface area contributed by atoms with Gasteiger partial charge in [0.1, 0.15) is 11.6 Å². The molecule has 4 heteroatoms. The maximum Gasteiger partial charge on any atom is 0.141 e. The van der Waals surface area contributed by atoms with Crippen molar-refractivity contribution >= 4 is 5.82 Å². The van der Waals surface area contributed by atoms with Crippen molar-refractivity contribution in [1.29, 1.82) is 0 Å². The molecule has 0 spiro atoms. The Morgan fingerprint density at radius 3 is 2.88 bits per heavy atom. The molecule has 3 nitrogen and oxygen atoms in total. The van der Waals surface area contributed by atoms with Crippen LogP contribution in [0.2, 0.25) is 0 Å². The van der Waals surface area contributed by atoms with Gasteiger partial charge in [0.05, 0.1) is 11.8 Å². The fourth-order valence-electron chi connectivity index (χ4n) is 2.05. The lowest BCUT2D eigenvalue weighted by atomic mass is 9.98. The third-order valence-electron chi connectivity index (χ3n) is 3.10. The second kappa shape index (κ2) is 4.37. The number of hydrogen-bond acceptors (Lipinski definition) is 3. The van der Waals surface area contributed by atoms with Gasteiger partial charge in [0.2, 0.25) is 0 Å². The van der Waals surface area contributed by atoms with Crippen LogP contribution in [0.15, 0.2) is 18.3 Å². The van der Waals surface area contributed by atoms with Crippen LogP contribution in [0.5, 0.6) is 0 Å². The summed E-state index contributed by atoms with van der Waals surface area (Å²) in [5.74, 6) is 0.477. The van der Waals surface area contributed by atoms with Crippen LogP contribution in [0.3, 0.4) is 0 Å². The molecule has 1 N–H and O–H groups in total. The minimum atomic E-state index is -0.575. The molecule has 0 saturated carbocycles. The molecule has 1 saturated heterocycles. The first-order valence-corrected chi connectivity index (χ1v) is 5.66. The Morgan fingerprint density at radius 2 is 2.19 bits per heavy atom. The van der Waals surface area contributed by atoms with Gasteiger partial charge >= 0.3 is 0 Å². The topological polar surface area (TPSA) is 36.4 Å². The average molecular weight is 224 g/mol. The summed E-state index contributed by atoms with van der Waals surface area (Å²) in [6.07, 6.45) is 3.71. The highest BCUT2D eigenvalue weighted by atomic mass is 19.1. The molecule has 0 radical (unpaired) electrons. The summed E-state index contributed by atoms with van der Waals surface area (Å²) in [4.78, 5) is 6.16. The molecule has 0 bridgehead atoms. The van der Waals surface area contributed by atoms with Gasteiger partial charge in [0, 0.05) is 13.1 Å². The first-order chi connectivity index (χ1) is 7.57. The molecule has 16 heavy (non-hydrogen) atoms. The van der Waals surface area contributed by atoms with E-state index in [0.29, 0.717) is 0 Å². The number of halogens is 1. The molecule has 1 fully saturated rings. The molecular weight excluding hydrogens is 207 g/mol. The lowest BCUT2D eigenvalue weighted by Crippen LogP contribution is -2.28. The van der Waals surface area contributed by atoms with E-state index in [1.54, 1.807) is 6.07 Å². The van der Waals surface area contributed by atoms with Gasteiger partial charge in [-0.15, -0.1) is 0 Å². The van der Waals surface area contributed by atoms with Gasteiger partial charge in [-0.05, 0) is 38.3 Å². The number of pyridine rings is 1. The van der Waals surface area contributed by atoms with E-state index in [1.807, 2.05) is 6.92 Å². The first kappa shape index (κ1) is 11.3. The van der Waals surface area contributed by atoms with Crippen LogP contribution in [0, 0.1) is 5.82 Å². The van der Waals surface area contributed by atoms with Gasteiger partial charge in [-0.1, -0.05) is 0 Å². The van der Waals surface area contributed by atoms with E-state index in [-0.39, 0.29) is 5.82 Å². The number of anilines is 1. The van der Waals surface area contributed by atoms with Crippen LogP contribution in [-0.2, 0) is 0 Å². The minimum absolute atomic E-state index is 0.314. The Morgan fingerprint density at radius 1 is 1.38 bits per heavy atom. The molecule has 2 rings (SSSR count). The number of aliphatic hydroxyl groups is 1. The third kappa shape index (κ3) is 2.70.